The molecule has 1 saturated heterocycles. The number of carbonyl (C=O) groups excluding carboxylic acids is 2. The van der Waals surface area contributed by atoms with E-state index in [1.807, 2.05) is 50.4 Å². The largest absolute Gasteiger partial charge is 0.494 e. The van der Waals surface area contributed by atoms with Gasteiger partial charge in [-0.05, 0) is 49.2 Å². The van der Waals surface area contributed by atoms with Crippen LogP contribution in [0.25, 0.3) is 0 Å². The lowest BCUT2D eigenvalue weighted by molar-refractivity contribution is -0.122. The molecule has 2 heterocycles. The molecule has 134 valence electrons. The van der Waals surface area contributed by atoms with Crippen LogP contribution in [-0.2, 0) is 10.2 Å². The molecule has 0 unspecified atom stereocenters. The Hall–Kier alpha value is -2.82. The predicted octanol–water partition coefficient (Wildman–Crippen LogP) is 2.85. The summed E-state index contributed by atoms with van der Waals surface area (Å²) >= 11 is 0. The predicted molar refractivity (Wildman–Crippen MR) is 99.7 cm³/mol. The highest BCUT2D eigenvalue weighted by Gasteiger charge is 2.54. The van der Waals surface area contributed by atoms with Gasteiger partial charge in [-0.2, -0.15) is 0 Å². The van der Waals surface area contributed by atoms with Gasteiger partial charge in [0.25, 0.3) is 5.91 Å². The molecular formula is C21H22N2O3. The molecule has 0 aromatic heterocycles. The van der Waals surface area contributed by atoms with Crippen molar-refractivity contribution in [1.29, 1.82) is 0 Å². The fourth-order valence-electron chi connectivity index (χ4n) is 4.14. The highest BCUT2D eigenvalue weighted by atomic mass is 16.5. The first-order chi connectivity index (χ1) is 12.6. The van der Waals surface area contributed by atoms with Crippen LogP contribution in [0.4, 0.5) is 5.69 Å². The molecule has 5 nitrogen and oxygen atoms in total. The Kier molecular flexibility index (Phi) is 3.94. The SMILES string of the molecule is CCOc1ccc(C(=O)N2CC[C@]3(C2)C(=O)N(C)c2ccccc23)cc1. The first-order valence-corrected chi connectivity index (χ1v) is 8.96. The minimum absolute atomic E-state index is 0.0373. The lowest BCUT2D eigenvalue weighted by Crippen LogP contribution is -2.42. The van der Waals surface area contributed by atoms with E-state index < -0.39 is 5.41 Å². The highest BCUT2D eigenvalue weighted by molar-refractivity contribution is 6.09. The van der Waals surface area contributed by atoms with E-state index in [-0.39, 0.29) is 11.8 Å². The van der Waals surface area contributed by atoms with Crippen molar-refractivity contribution in [3.63, 3.8) is 0 Å². The van der Waals surface area contributed by atoms with E-state index in [4.69, 9.17) is 4.74 Å². The molecule has 4 rings (SSSR count). The van der Waals surface area contributed by atoms with Gasteiger partial charge in [-0.25, -0.2) is 0 Å². The zero-order valence-corrected chi connectivity index (χ0v) is 15.1. The number of carbonyl (C=O) groups is 2. The summed E-state index contributed by atoms with van der Waals surface area (Å²) in [7, 11) is 1.81. The molecule has 0 radical (unpaired) electrons. The molecule has 0 aliphatic carbocycles. The van der Waals surface area contributed by atoms with Gasteiger partial charge in [0.05, 0.1) is 12.0 Å². The van der Waals surface area contributed by atoms with Crippen LogP contribution in [0.3, 0.4) is 0 Å². The maximum Gasteiger partial charge on any atom is 0.253 e. The van der Waals surface area contributed by atoms with Gasteiger partial charge in [-0.3, -0.25) is 9.59 Å². The summed E-state index contributed by atoms with van der Waals surface area (Å²) in [6.45, 7) is 3.53. The topological polar surface area (TPSA) is 49.9 Å². The number of nitrogens with zero attached hydrogens (tertiary/aromatic N) is 2. The van der Waals surface area contributed by atoms with E-state index in [0.717, 1.165) is 17.0 Å². The molecular weight excluding hydrogens is 328 g/mol. The van der Waals surface area contributed by atoms with E-state index >= 15 is 0 Å². The molecule has 26 heavy (non-hydrogen) atoms. The Morgan fingerprint density at radius 2 is 1.88 bits per heavy atom. The Labute approximate surface area is 153 Å². The Bertz CT molecular complexity index is 862. The molecule has 2 aromatic rings. The van der Waals surface area contributed by atoms with Gasteiger partial charge in [0.1, 0.15) is 5.75 Å². The van der Waals surface area contributed by atoms with Crippen molar-refractivity contribution >= 4 is 17.5 Å². The summed E-state index contributed by atoms with van der Waals surface area (Å²) in [5.74, 6) is 0.800. The van der Waals surface area contributed by atoms with Crippen LogP contribution in [0.5, 0.6) is 5.75 Å². The van der Waals surface area contributed by atoms with Gasteiger partial charge < -0.3 is 14.5 Å². The van der Waals surface area contributed by atoms with Crippen LogP contribution < -0.4 is 9.64 Å². The molecule has 0 N–H and O–H groups in total. The van der Waals surface area contributed by atoms with Gasteiger partial charge >= 0.3 is 0 Å². The molecule has 5 heteroatoms. The number of amides is 2. The molecule has 2 aliphatic heterocycles. The lowest BCUT2D eigenvalue weighted by Gasteiger charge is -2.23. The van der Waals surface area contributed by atoms with E-state index in [1.54, 1.807) is 21.9 Å². The van der Waals surface area contributed by atoms with Gasteiger partial charge in [-0.15, -0.1) is 0 Å². The van der Waals surface area contributed by atoms with E-state index in [1.165, 1.54) is 0 Å². The van der Waals surface area contributed by atoms with Crippen LogP contribution in [-0.4, -0.2) is 43.5 Å². The maximum atomic E-state index is 13.0. The summed E-state index contributed by atoms with van der Waals surface area (Å²) in [6, 6.07) is 15.1. The van der Waals surface area contributed by atoms with E-state index in [9.17, 15) is 9.59 Å². The number of rotatable bonds is 3. The minimum atomic E-state index is -0.605. The number of para-hydroxylation sites is 1. The number of fused-ring (bicyclic) bond motifs is 2. The lowest BCUT2D eigenvalue weighted by atomic mass is 9.81. The van der Waals surface area contributed by atoms with Crippen LogP contribution in [0.1, 0.15) is 29.3 Å². The third-order valence-electron chi connectivity index (χ3n) is 5.46. The Morgan fingerprint density at radius 3 is 2.62 bits per heavy atom. The first-order valence-electron chi connectivity index (χ1n) is 8.96. The molecule has 2 aromatic carbocycles. The van der Waals surface area contributed by atoms with Crippen molar-refractivity contribution in [3.05, 3.63) is 59.7 Å². The highest BCUT2D eigenvalue weighted by Crippen LogP contribution is 2.46. The fourth-order valence-corrected chi connectivity index (χ4v) is 4.14. The fraction of sp³-hybridized carbons (Fsp3) is 0.333. The Morgan fingerprint density at radius 1 is 1.15 bits per heavy atom. The first kappa shape index (κ1) is 16.6. The van der Waals surface area contributed by atoms with Gasteiger partial charge in [-0.1, -0.05) is 18.2 Å². The van der Waals surface area contributed by atoms with Crippen molar-refractivity contribution in [2.24, 2.45) is 0 Å². The van der Waals surface area contributed by atoms with Crippen molar-refractivity contribution in [2.75, 3.05) is 31.6 Å². The second-order valence-corrected chi connectivity index (χ2v) is 6.90. The maximum absolute atomic E-state index is 13.0. The van der Waals surface area contributed by atoms with E-state index in [2.05, 4.69) is 0 Å². The summed E-state index contributed by atoms with van der Waals surface area (Å²) in [4.78, 5) is 29.4. The van der Waals surface area contributed by atoms with Crippen LogP contribution in [0, 0.1) is 0 Å². The Balaban J connectivity index is 1.59. The van der Waals surface area contributed by atoms with Crippen molar-refractivity contribution in [3.8, 4) is 5.75 Å². The summed E-state index contributed by atoms with van der Waals surface area (Å²) in [5.41, 5.74) is 2.01. The molecule has 1 fully saturated rings. The van der Waals surface area contributed by atoms with Crippen molar-refractivity contribution < 1.29 is 14.3 Å². The number of anilines is 1. The summed E-state index contributed by atoms with van der Waals surface area (Å²) < 4.78 is 5.43. The molecule has 0 bridgehead atoms. The normalized spacial score (nSPS) is 21.4. The summed E-state index contributed by atoms with van der Waals surface area (Å²) in [5, 5.41) is 0. The molecule has 1 spiro atoms. The van der Waals surface area contributed by atoms with Gasteiger partial charge in [0.15, 0.2) is 0 Å². The van der Waals surface area contributed by atoms with E-state index in [0.29, 0.717) is 31.7 Å². The number of hydrogen-bond donors (Lipinski definition) is 0. The molecule has 1 atom stereocenters. The molecule has 2 aliphatic rings. The average Bonchev–Trinajstić information content (AvgIpc) is 3.21. The molecule has 2 amide bonds. The zero-order chi connectivity index (χ0) is 18.3. The van der Waals surface area contributed by atoms with Gasteiger partial charge in [0.2, 0.25) is 5.91 Å². The third-order valence-corrected chi connectivity index (χ3v) is 5.46. The quantitative estimate of drug-likeness (QED) is 0.855. The second kappa shape index (κ2) is 6.16. The zero-order valence-electron chi connectivity index (χ0n) is 15.1. The van der Waals surface area contributed by atoms with Crippen molar-refractivity contribution in [2.45, 2.75) is 18.8 Å². The number of likely N-dealkylation sites (tertiary alicyclic amines) is 1. The van der Waals surface area contributed by atoms with Crippen LogP contribution in [0.2, 0.25) is 0 Å². The van der Waals surface area contributed by atoms with Crippen molar-refractivity contribution in [1.82, 2.24) is 4.90 Å². The smallest absolute Gasteiger partial charge is 0.253 e. The standard InChI is InChI=1S/C21H22N2O3/c1-3-26-16-10-8-15(9-11-16)19(24)23-13-12-21(14-23)17-6-4-5-7-18(17)22(2)20(21)25/h4-11H,3,12-14H2,1-2H3/t21-/m1/s1. The van der Waals surface area contributed by atoms with Gasteiger partial charge in [0, 0.05) is 31.4 Å². The number of hydrogen-bond acceptors (Lipinski definition) is 3. The second-order valence-electron chi connectivity index (χ2n) is 6.90. The minimum Gasteiger partial charge on any atom is -0.494 e. The number of ether oxygens (including phenoxy) is 1. The third kappa shape index (κ3) is 2.38. The number of benzene rings is 2. The average molecular weight is 350 g/mol. The monoisotopic (exact) mass is 350 g/mol. The number of likely N-dealkylation sites (N-methyl/N-ethyl adjacent to an activating group) is 1. The molecule has 0 saturated carbocycles. The van der Waals surface area contributed by atoms with Crippen LogP contribution >= 0.6 is 0 Å². The van der Waals surface area contributed by atoms with Crippen LogP contribution in [0.15, 0.2) is 48.5 Å². The summed E-state index contributed by atoms with van der Waals surface area (Å²) in [6.07, 6.45) is 0.663.